The summed E-state index contributed by atoms with van der Waals surface area (Å²) in [6.07, 6.45) is 50.5. The number of hydrogen-bond donors (Lipinski definition) is 4. The van der Waals surface area contributed by atoms with Gasteiger partial charge in [-0.05, 0) is 44.9 Å². The van der Waals surface area contributed by atoms with Gasteiger partial charge in [0.05, 0.1) is 19.8 Å². The lowest BCUT2D eigenvalue weighted by molar-refractivity contribution is -0.301. The van der Waals surface area contributed by atoms with Gasteiger partial charge in [-0.1, -0.05) is 243 Å². The Bertz CT molecular complexity index is 1360. The van der Waals surface area contributed by atoms with Gasteiger partial charge in [0.15, 0.2) is 6.29 Å². The zero-order valence-corrected chi connectivity index (χ0v) is 45.4. The first kappa shape index (κ1) is 66.3. The molecule has 0 aliphatic carbocycles. The van der Waals surface area contributed by atoms with Crippen LogP contribution in [0.5, 0.6) is 0 Å². The Morgan fingerprint density at radius 3 is 1.44 bits per heavy atom. The first-order valence-electron chi connectivity index (χ1n) is 28.7. The number of unbranched alkanes of at least 4 members (excludes halogenated alkanes) is 32. The molecule has 70 heavy (non-hydrogen) atoms. The molecule has 0 saturated carbocycles. The molecule has 13 heteroatoms. The third kappa shape index (κ3) is 40.8. The largest absolute Gasteiger partial charge is 0.457 e. The summed E-state index contributed by atoms with van der Waals surface area (Å²) in [5, 5.41) is 30.8. The van der Waals surface area contributed by atoms with Crippen molar-refractivity contribution in [2.45, 2.75) is 295 Å². The number of carbonyl (C=O) groups excluding carboxylic acids is 1. The second-order valence-corrected chi connectivity index (χ2v) is 20.9. The van der Waals surface area contributed by atoms with E-state index in [-0.39, 0.29) is 19.6 Å². The minimum atomic E-state index is -5.07. The highest BCUT2D eigenvalue weighted by Crippen LogP contribution is 2.26. The highest BCUT2D eigenvalue weighted by molar-refractivity contribution is 7.80. The SMILES string of the molecule is CC/C=C\C/C=C\C/C=C\CCCCCCCCCCOCC(COC1OC(CO)C(O)C(OS(=O)(=O)O)C1O)OC(=O)CCCCCCCCCCCCCCCCCCCCCCCCCCC. The predicted octanol–water partition coefficient (Wildman–Crippen LogP) is 14.1. The number of esters is 1. The second kappa shape index (κ2) is 48.3. The number of hydrogen-bond acceptors (Lipinski definition) is 11. The Balaban J connectivity index is 2.27. The number of allylic oxidation sites excluding steroid dienone is 6. The van der Waals surface area contributed by atoms with E-state index in [0.717, 1.165) is 64.2 Å². The Hall–Kier alpha value is -1.68. The molecule has 1 rings (SSSR count). The van der Waals surface area contributed by atoms with Crippen molar-refractivity contribution in [1.82, 2.24) is 0 Å². The van der Waals surface area contributed by atoms with Crippen molar-refractivity contribution in [2.24, 2.45) is 0 Å². The molecule has 0 aromatic heterocycles. The maximum absolute atomic E-state index is 13.0. The van der Waals surface area contributed by atoms with E-state index in [9.17, 15) is 33.1 Å². The molecule has 0 amide bonds. The molecule has 1 heterocycles. The number of aliphatic hydroxyl groups is 3. The van der Waals surface area contributed by atoms with Crippen LogP contribution in [0.3, 0.4) is 0 Å². The number of aliphatic hydroxyl groups excluding tert-OH is 3. The van der Waals surface area contributed by atoms with Crippen molar-refractivity contribution in [3.63, 3.8) is 0 Å². The van der Waals surface area contributed by atoms with Crippen molar-refractivity contribution in [1.29, 1.82) is 0 Å². The molecule has 0 spiro atoms. The van der Waals surface area contributed by atoms with E-state index in [1.807, 2.05) is 0 Å². The first-order valence-corrected chi connectivity index (χ1v) is 30.1. The zero-order valence-electron chi connectivity index (χ0n) is 44.6. The van der Waals surface area contributed by atoms with E-state index >= 15 is 0 Å². The molecule has 1 fully saturated rings. The van der Waals surface area contributed by atoms with Crippen LogP contribution < -0.4 is 0 Å². The van der Waals surface area contributed by atoms with Crippen LogP contribution in [-0.2, 0) is 38.3 Å². The Morgan fingerprint density at radius 1 is 0.557 bits per heavy atom. The lowest BCUT2D eigenvalue weighted by Crippen LogP contribution is -2.60. The van der Waals surface area contributed by atoms with Crippen LogP contribution in [0.25, 0.3) is 0 Å². The lowest BCUT2D eigenvalue weighted by Gasteiger charge is -2.41. The fourth-order valence-corrected chi connectivity index (χ4v) is 9.49. The van der Waals surface area contributed by atoms with Crippen molar-refractivity contribution in [2.75, 3.05) is 26.4 Å². The van der Waals surface area contributed by atoms with Crippen LogP contribution in [-0.4, -0.2) is 97.5 Å². The quantitative estimate of drug-likeness (QED) is 0.0196. The van der Waals surface area contributed by atoms with Crippen LogP contribution in [0.4, 0.5) is 0 Å². The molecule has 6 unspecified atom stereocenters. The topological polar surface area (TPSA) is 178 Å². The fourth-order valence-electron chi connectivity index (χ4n) is 8.98. The van der Waals surface area contributed by atoms with E-state index in [2.05, 4.69) is 54.5 Å². The molecular weight excluding hydrogens is 909 g/mol. The summed E-state index contributed by atoms with van der Waals surface area (Å²) in [4.78, 5) is 13.0. The summed E-state index contributed by atoms with van der Waals surface area (Å²) in [6, 6.07) is 0. The minimum Gasteiger partial charge on any atom is -0.457 e. The van der Waals surface area contributed by atoms with E-state index in [0.29, 0.717) is 13.0 Å². The second-order valence-electron chi connectivity index (χ2n) is 19.9. The third-order valence-electron chi connectivity index (χ3n) is 13.3. The summed E-state index contributed by atoms with van der Waals surface area (Å²) in [7, 11) is -5.07. The summed E-state index contributed by atoms with van der Waals surface area (Å²) < 4.78 is 59.4. The van der Waals surface area contributed by atoms with Gasteiger partial charge in [-0.25, -0.2) is 4.18 Å². The van der Waals surface area contributed by atoms with Gasteiger partial charge >= 0.3 is 16.4 Å². The van der Waals surface area contributed by atoms with Gasteiger partial charge in [0.1, 0.15) is 30.5 Å². The molecule has 0 aromatic rings. The van der Waals surface area contributed by atoms with Crippen molar-refractivity contribution >= 4 is 16.4 Å². The van der Waals surface area contributed by atoms with Gasteiger partial charge in [-0.3, -0.25) is 9.35 Å². The first-order chi connectivity index (χ1) is 34.1. The van der Waals surface area contributed by atoms with E-state index in [1.165, 1.54) is 167 Å². The molecule has 1 saturated heterocycles. The Kier molecular flexibility index (Phi) is 45.7. The molecule has 1 aliphatic heterocycles. The van der Waals surface area contributed by atoms with Gasteiger partial charge in [-0.15, -0.1) is 0 Å². The minimum absolute atomic E-state index is 0.0338. The molecule has 6 atom stereocenters. The molecular formula is C57H106O12S. The van der Waals surface area contributed by atoms with Gasteiger partial charge < -0.3 is 34.3 Å². The summed E-state index contributed by atoms with van der Waals surface area (Å²) in [6.45, 7) is 3.92. The smallest absolute Gasteiger partial charge is 0.397 e. The molecule has 0 bridgehead atoms. The van der Waals surface area contributed by atoms with Gasteiger partial charge in [-0.2, -0.15) is 8.42 Å². The van der Waals surface area contributed by atoms with E-state index < -0.39 is 59.8 Å². The maximum Gasteiger partial charge on any atom is 0.397 e. The monoisotopic (exact) mass is 1010 g/mol. The molecule has 0 aromatic carbocycles. The van der Waals surface area contributed by atoms with Gasteiger partial charge in [0.25, 0.3) is 0 Å². The molecule has 0 radical (unpaired) electrons. The summed E-state index contributed by atoms with van der Waals surface area (Å²) in [5.74, 6) is -0.396. The van der Waals surface area contributed by atoms with Gasteiger partial charge in [0.2, 0.25) is 0 Å². The third-order valence-corrected chi connectivity index (χ3v) is 13.7. The van der Waals surface area contributed by atoms with Crippen molar-refractivity contribution in [3.8, 4) is 0 Å². The molecule has 4 N–H and O–H groups in total. The van der Waals surface area contributed by atoms with Crippen LogP contribution in [0.1, 0.15) is 258 Å². The highest BCUT2D eigenvalue weighted by atomic mass is 32.3. The Labute approximate surface area is 428 Å². The molecule has 412 valence electrons. The summed E-state index contributed by atoms with van der Waals surface area (Å²) >= 11 is 0. The number of rotatable bonds is 51. The highest BCUT2D eigenvalue weighted by Gasteiger charge is 2.48. The number of carbonyl (C=O) groups is 1. The van der Waals surface area contributed by atoms with E-state index in [1.54, 1.807) is 0 Å². The van der Waals surface area contributed by atoms with Crippen LogP contribution >= 0.6 is 0 Å². The maximum atomic E-state index is 13.0. The molecule has 12 nitrogen and oxygen atoms in total. The average Bonchev–Trinajstić information content (AvgIpc) is 3.34. The normalized spacial score (nSPS) is 19.3. The average molecular weight is 1020 g/mol. The predicted molar refractivity (Wildman–Crippen MR) is 285 cm³/mol. The van der Waals surface area contributed by atoms with Crippen LogP contribution in [0.2, 0.25) is 0 Å². The summed E-state index contributed by atoms with van der Waals surface area (Å²) in [5.41, 5.74) is 0. The molecule has 1 aliphatic rings. The van der Waals surface area contributed by atoms with Crippen LogP contribution in [0, 0.1) is 0 Å². The van der Waals surface area contributed by atoms with Gasteiger partial charge in [0, 0.05) is 13.0 Å². The standard InChI is InChI=1S/C57H106O12S/c1-3-5-7-9-11-13-15-17-19-21-23-24-25-26-27-28-29-30-32-34-36-38-40-42-44-46-53(59)67-51(50-66-57-55(61)56(69-70(62,63)64)54(60)52(48-58)68-57)49-65-47-45-43-41-39-37-35-33-31-22-20-18-16-14-12-10-8-6-4-2/h6,8,12,14,18,20,51-52,54-58,60-61H,3-5,7,9-11,13,15-17,19,21-50H2,1-2H3,(H,62,63,64)/b8-6-,14-12-,20-18-. The fraction of sp³-hybridized carbons (Fsp3) is 0.877. The van der Waals surface area contributed by atoms with E-state index in [4.69, 9.17) is 18.9 Å². The lowest BCUT2D eigenvalue weighted by atomic mass is 9.99. The van der Waals surface area contributed by atoms with Crippen molar-refractivity contribution < 1.29 is 56.2 Å². The number of ether oxygens (including phenoxy) is 4. The van der Waals surface area contributed by atoms with Crippen LogP contribution in [0.15, 0.2) is 36.5 Å². The van der Waals surface area contributed by atoms with Crippen molar-refractivity contribution in [3.05, 3.63) is 36.5 Å². The Morgan fingerprint density at radius 2 is 0.986 bits per heavy atom. The zero-order chi connectivity index (χ0) is 51.0.